The van der Waals surface area contributed by atoms with Crippen LogP contribution in [0.4, 0.5) is 13.2 Å². The fourth-order valence-corrected chi connectivity index (χ4v) is 3.59. The Bertz CT molecular complexity index is 411. The molecule has 1 nitrogen and oxygen atoms in total. The van der Waals surface area contributed by atoms with E-state index in [4.69, 9.17) is 5.73 Å². The zero-order valence-electron chi connectivity index (χ0n) is 9.96. The van der Waals surface area contributed by atoms with Gasteiger partial charge in [-0.25, -0.2) is 0 Å². The van der Waals surface area contributed by atoms with Crippen LogP contribution in [0.2, 0.25) is 0 Å². The van der Waals surface area contributed by atoms with Crippen molar-refractivity contribution in [3.8, 4) is 0 Å². The summed E-state index contributed by atoms with van der Waals surface area (Å²) < 4.78 is 39.0. The molecule has 5 heteroatoms. The second-order valence-corrected chi connectivity index (χ2v) is 5.90. The molecule has 0 unspecified atom stereocenters. The molecule has 18 heavy (non-hydrogen) atoms. The lowest BCUT2D eigenvalue weighted by atomic mass is 10.1. The molecule has 1 fully saturated rings. The molecule has 0 spiro atoms. The minimum absolute atomic E-state index is 0.136. The van der Waals surface area contributed by atoms with E-state index in [0.29, 0.717) is 15.7 Å². The van der Waals surface area contributed by atoms with Crippen LogP contribution in [-0.2, 0) is 12.7 Å². The Morgan fingerprint density at radius 2 is 1.89 bits per heavy atom. The average Bonchev–Trinajstić information content (AvgIpc) is 2.81. The fourth-order valence-electron chi connectivity index (χ4n) is 2.21. The lowest BCUT2D eigenvalue weighted by molar-refractivity contribution is -0.139. The van der Waals surface area contributed by atoms with Crippen molar-refractivity contribution in [2.45, 2.75) is 48.5 Å². The van der Waals surface area contributed by atoms with Gasteiger partial charge in [-0.2, -0.15) is 13.2 Å². The molecule has 100 valence electrons. The number of thioether (sulfide) groups is 1. The molecular formula is C13H16F3NS. The first kappa shape index (κ1) is 13.7. The number of alkyl halides is 3. The van der Waals surface area contributed by atoms with Crippen molar-refractivity contribution in [1.29, 1.82) is 0 Å². The number of hydrogen-bond acceptors (Lipinski definition) is 2. The van der Waals surface area contributed by atoms with E-state index in [1.165, 1.54) is 17.8 Å². The Hall–Kier alpha value is -0.680. The Kier molecular flexibility index (Phi) is 4.22. The molecule has 1 aliphatic rings. The first-order valence-corrected chi connectivity index (χ1v) is 6.95. The highest BCUT2D eigenvalue weighted by Gasteiger charge is 2.34. The molecular weight excluding hydrogens is 259 g/mol. The van der Waals surface area contributed by atoms with Crippen LogP contribution in [0.25, 0.3) is 0 Å². The predicted octanol–water partition coefficient (Wildman–Crippen LogP) is 4.20. The molecule has 1 aliphatic carbocycles. The van der Waals surface area contributed by atoms with Crippen LogP contribution >= 0.6 is 11.8 Å². The van der Waals surface area contributed by atoms with Crippen molar-refractivity contribution in [1.82, 2.24) is 0 Å². The third-order valence-corrected chi connectivity index (χ3v) is 4.60. The normalized spacial score (nSPS) is 17.3. The highest BCUT2D eigenvalue weighted by Crippen LogP contribution is 2.42. The third kappa shape index (κ3) is 3.20. The van der Waals surface area contributed by atoms with Crippen molar-refractivity contribution in [2.24, 2.45) is 5.73 Å². The maximum absolute atomic E-state index is 13.0. The van der Waals surface area contributed by atoms with Crippen molar-refractivity contribution in [3.63, 3.8) is 0 Å². The van der Waals surface area contributed by atoms with E-state index in [-0.39, 0.29) is 6.54 Å². The molecule has 0 saturated heterocycles. The molecule has 1 aromatic rings. The number of halogens is 3. The van der Waals surface area contributed by atoms with Crippen molar-refractivity contribution in [2.75, 3.05) is 0 Å². The Balaban J connectivity index is 2.27. The highest BCUT2D eigenvalue weighted by molar-refractivity contribution is 8.00. The van der Waals surface area contributed by atoms with Crippen LogP contribution in [-0.4, -0.2) is 5.25 Å². The zero-order chi connectivity index (χ0) is 13.2. The van der Waals surface area contributed by atoms with E-state index in [1.54, 1.807) is 12.1 Å². The summed E-state index contributed by atoms with van der Waals surface area (Å²) in [6.07, 6.45) is -0.0207. The summed E-state index contributed by atoms with van der Waals surface area (Å²) >= 11 is 1.36. The second-order valence-electron chi connectivity index (χ2n) is 4.56. The smallest absolute Gasteiger partial charge is 0.326 e. The first-order valence-electron chi connectivity index (χ1n) is 6.07. The molecule has 0 bridgehead atoms. The van der Waals surface area contributed by atoms with Crippen LogP contribution < -0.4 is 5.73 Å². The first-order chi connectivity index (χ1) is 8.50. The summed E-state index contributed by atoms with van der Waals surface area (Å²) in [7, 11) is 0. The summed E-state index contributed by atoms with van der Waals surface area (Å²) in [6, 6.07) is 4.43. The van der Waals surface area contributed by atoms with Gasteiger partial charge in [-0.1, -0.05) is 18.9 Å². The number of benzene rings is 1. The molecule has 1 aromatic carbocycles. The molecule has 0 amide bonds. The van der Waals surface area contributed by atoms with Gasteiger partial charge in [0.15, 0.2) is 0 Å². The van der Waals surface area contributed by atoms with Gasteiger partial charge < -0.3 is 5.73 Å². The maximum Gasteiger partial charge on any atom is 0.417 e. The quantitative estimate of drug-likeness (QED) is 0.894. The van der Waals surface area contributed by atoms with E-state index in [2.05, 4.69) is 0 Å². The zero-order valence-corrected chi connectivity index (χ0v) is 10.8. The maximum atomic E-state index is 13.0. The van der Waals surface area contributed by atoms with Gasteiger partial charge in [0.1, 0.15) is 0 Å². The molecule has 2 rings (SSSR count). The van der Waals surface area contributed by atoms with Gasteiger partial charge in [0.25, 0.3) is 0 Å². The summed E-state index contributed by atoms with van der Waals surface area (Å²) in [5.41, 5.74) is 5.39. The Morgan fingerprint density at radius 3 is 2.44 bits per heavy atom. The summed E-state index contributed by atoms with van der Waals surface area (Å²) in [5.74, 6) is 0. The van der Waals surface area contributed by atoms with Crippen LogP contribution in [0.1, 0.15) is 36.8 Å². The molecule has 0 heterocycles. The van der Waals surface area contributed by atoms with Crippen molar-refractivity contribution in [3.05, 3.63) is 29.3 Å². The monoisotopic (exact) mass is 275 g/mol. The lowest BCUT2D eigenvalue weighted by Gasteiger charge is -2.16. The SMILES string of the molecule is NCc1ccc(SC2CCCC2)c(C(F)(F)F)c1. The lowest BCUT2D eigenvalue weighted by Crippen LogP contribution is -2.10. The van der Waals surface area contributed by atoms with Crippen molar-refractivity contribution < 1.29 is 13.2 Å². The molecule has 0 aliphatic heterocycles. The summed E-state index contributed by atoms with van der Waals surface area (Å²) in [4.78, 5) is 0.339. The second kappa shape index (κ2) is 5.53. The Labute approximate surface area is 109 Å². The minimum Gasteiger partial charge on any atom is -0.326 e. The van der Waals surface area contributed by atoms with E-state index < -0.39 is 11.7 Å². The standard InChI is InChI=1S/C13H16F3NS/c14-13(15,16)11-7-9(8-17)5-6-12(11)18-10-3-1-2-4-10/h5-7,10H,1-4,8,17H2. The summed E-state index contributed by atoms with van der Waals surface area (Å²) in [5, 5.41) is 0.329. The number of nitrogens with two attached hydrogens (primary N) is 1. The number of rotatable bonds is 3. The van der Waals surface area contributed by atoms with E-state index in [1.807, 2.05) is 0 Å². The molecule has 0 aromatic heterocycles. The van der Waals surface area contributed by atoms with Gasteiger partial charge >= 0.3 is 6.18 Å². The van der Waals surface area contributed by atoms with Gasteiger partial charge in [0.05, 0.1) is 5.56 Å². The van der Waals surface area contributed by atoms with Crippen LogP contribution in [0.3, 0.4) is 0 Å². The van der Waals surface area contributed by atoms with Crippen LogP contribution in [0.5, 0.6) is 0 Å². The molecule has 1 saturated carbocycles. The average molecular weight is 275 g/mol. The fraction of sp³-hybridized carbons (Fsp3) is 0.538. The minimum atomic E-state index is -4.30. The van der Waals surface area contributed by atoms with E-state index >= 15 is 0 Å². The third-order valence-electron chi connectivity index (χ3n) is 3.18. The van der Waals surface area contributed by atoms with Gasteiger partial charge in [-0.15, -0.1) is 11.8 Å². The number of hydrogen-bond donors (Lipinski definition) is 1. The van der Waals surface area contributed by atoms with Crippen LogP contribution in [0.15, 0.2) is 23.1 Å². The molecule has 0 atom stereocenters. The van der Waals surface area contributed by atoms with Gasteiger partial charge in [-0.3, -0.25) is 0 Å². The predicted molar refractivity (Wildman–Crippen MR) is 67.4 cm³/mol. The Morgan fingerprint density at radius 1 is 1.22 bits per heavy atom. The van der Waals surface area contributed by atoms with Gasteiger partial charge in [0.2, 0.25) is 0 Å². The van der Waals surface area contributed by atoms with Crippen molar-refractivity contribution >= 4 is 11.8 Å². The summed E-state index contributed by atoms with van der Waals surface area (Å²) in [6.45, 7) is 0.136. The topological polar surface area (TPSA) is 26.0 Å². The molecule has 0 radical (unpaired) electrons. The van der Waals surface area contributed by atoms with E-state index in [9.17, 15) is 13.2 Å². The van der Waals surface area contributed by atoms with E-state index in [0.717, 1.165) is 25.7 Å². The largest absolute Gasteiger partial charge is 0.417 e. The molecule has 2 N–H and O–H groups in total. The van der Waals surface area contributed by atoms with Gasteiger partial charge in [-0.05, 0) is 30.5 Å². The van der Waals surface area contributed by atoms with Gasteiger partial charge in [0, 0.05) is 16.7 Å². The highest BCUT2D eigenvalue weighted by atomic mass is 32.2. The van der Waals surface area contributed by atoms with Crippen LogP contribution in [0, 0.1) is 0 Å².